The predicted octanol–water partition coefficient (Wildman–Crippen LogP) is 2.87. The molecule has 0 spiro atoms. The van der Waals surface area contributed by atoms with Gasteiger partial charge >= 0.3 is 0 Å². The van der Waals surface area contributed by atoms with Gasteiger partial charge in [0.1, 0.15) is 5.78 Å². The number of H-pyrrole nitrogens is 1. The molecular weight excluding hydrogens is 240 g/mol. The summed E-state index contributed by atoms with van der Waals surface area (Å²) in [5.41, 5.74) is 1.87. The van der Waals surface area contributed by atoms with Gasteiger partial charge in [-0.1, -0.05) is 0 Å². The summed E-state index contributed by atoms with van der Waals surface area (Å²) in [5, 5.41) is 4.02. The first-order valence-electron chi connectivity index (χ1n) is 6.62. The minimum atomic E-state index is -0.0281. The molecule has 1 aliphatic rings. The van der Waals surface area contributed by atoms with Crippen molar-refractivity contribution in [3.8, 4) is 0 Å². The Morgan fingerprint density at radius 3 is 2.79 bits per heavy atom. The number of nitrogens with one attached hydrogen (secondary N) is 2. The molecule has 0 atom stereocenters. The van der Waals surface area contributed by atoms with Gasteiger partial charge in [-0.2, -0.15) is 0 Å². The van der Waals surface area contributed by atoms with E-state index in [0.29, 0.717) is 25.7 Å². The van der Waals surface area contributed by atoms with Gasteiger partial charge in [-0.3, -0.25) is 9.59 Å². The number of aromatic amines is 1. The Morgan fingerprint density at radius 1 is 1.21 bits per heavy atom. The molecule has 19 heavy (non-hydrogen) atoms. The monoisotopic (exact) mass is 256 g/mol. The van der Waals surface area contributed by atoms with E-state index in [-0.39, 0.29) is 17.6 Å². The number of hydrogen-bond acceptors (Lipinski definition) is 2. The Morgan fingerprint density at radius 2 is 2.00 bits per heavy atom. The highest BCUT2D eigenvalue weighted by molar-refractivity contribution is 5.96. The molecule has 1 saturated carbocycles. The third-order valence-corrected chi connectivity index (χ3v) is 3.73. The number of fused-ring (bicyclic) bond motifs is 1. The fourth-order valence-corrected chi connectivity index (χ4v) is 2.58. The lowest BCUT2D eigenvalue weighted by Gasteiger charge is -2.20. The van der Waals surface area contributed by atoms with Gasteiger partial charge in [-0.05, 0) is 37.1 Å². The number of benzene rings is 1. The number of anilines is 1. The number of Topliss-reactive ketones (excluding diaryl/α,β-unsaturated/α-hetero) is 1. The van der Waals surface area contributed by atoms with Crippen molar-refractivity contribution in [3.05, 3.63) is 30.5 Å². The maximum Gasteiger partial charge on any atom is 0.227 e. The van der Waals surface area contributed by atoms with Gasteiger partial charge in [0.2, 0.25) is 5.91 Å². The summed E-state index contributed by atoms with van der Waals surface area (Å²) in [4.78, 5) is 26.4. The fourth-order valence-electron chi connectivity index (χ4n) is 2.58. The summed E-state index contributed by atoms with van der Waals surface area (Å²) in [6, 6.07) is 7.78. The van der Waals surface area contributed by atoms with E-state index in [0.717, 1.165) is 16.6 Å². The molecule has 2 N–H and O–H groups in total. The third kappa shape index (κ3) is 2.52. The zero-order valence-corrected chi connectivity index (χ0v) is 10.6. The quantitative estimate of drug-likeness (QED) is 0.867. The number of amides is 1. The summed E-state index contributed by atoms with van der Waals surface area (Å²) in [6.45, 7) is 0. The summed E-state index contributed by atoms with van der Waals surface area (Å²) in [5.74, 6) is 0.278. The van der Waals surface area contributed by atoms with E-state index in [2.05, 4.69) is 10.3 Å². The Balaban J connectivity index is 1.70. The second kappa shape index (κ2) is 4.88. The van der Waals surface area contributed by atoms with Crippen LogP contribution in [0.2, 0.25) is 0 Å². The molecule has 98 valence electrons. The highest BCUT2D eigenvalue weighted by Crippen LogP contribution is 2.24. The van der Waals surface area contributed by atoms with Crippen LogP contribution in [0.1, 0.15) is 25.7 Å². The number of aromatic nitrogens is 1. The second-order valence-electron chi connectivity index (χ2n) is 5.08. The maximum atomic E-state index is 12.1. The van der Waals surface area contributed by atoms with Crippen molar-refractivity contribution < 1.29 is 9.59 Å². The van der Waals surface area contributed by atoms with Gasteiger partial charge in [-0.25, -0.2) is 0 Å². The first-order chi connectivity index (χ1) is 9.22. The lowest BCUT2D eigenvalue weighted by molar-refractivity contribution is -0.125. The molecule has 3 rings (SSSR count). The fraction of sp³-hybridized carbons (Fsp3) is 0.333. The van der Waals surface area contributed by atoms with Crippen LogP contribution in [0.3, 0.4) is 0 Å². The summed E-state index contributed by atoms with van der Waals surface area (Å²) in [6.07, 6.45) is 4.31. The summed E-state index contributed by atoms with van der Waals surface area (Å²) in [7, 11) is 0. The lowest BCUT2D eigenvalue weighted by atomic mass is 9.88. The van der Waals surface area contributed by atoms with Crippen LogP contribution in [0.25, 0.3) is 10.9 Å². The Labute approximate surface area is 111 Å². The highest BCUT2D eigenvalue weighted by Gasteiger charge is 2.24. The molecule has 1 heterocycles. The molecule has 0 aliphatic heterocycles. The molecule has 1 aromatic heterocycles. The summed E-state index contributed by atoms with van der Waals surface area (Å²) >= 11 is 0. The molecule has 1 fully saturated rings. The van der Waals surface area contributed by atoms with Crippen LogP contribution in [-0.2, 0) is 9.59 Å². The van der Waals surface area contributed by atoms with E-state index in [1.807, 2.05) is 30.5 Å². The standard InChI is InChI=1S/C15H16N2O2/c18-13-4-1-10(2-5-13)15(19)17-12-3-6-14-11(9-12)7-8-16-14/h3,6-10,16H,1-2,4-5H2,(H,17,19). The molecule has 0 saturated heterocycles. The minimum absolute atomic E-state index is 0.0281. The van der Waals surface area contributed by atoms with E-state index in [1.165, 1.54) is 0 Å². The van der Waals surface area contributed by atoms with Crippen LogP contribution in [0.15, 0.2) is 30.5 Å². The van der Waals surface area contributed by atoms with Gasteiger partial charge in [0.25, 0.3) is 0 Å². The lowest BCUT2D eigenvalue weighted by Crippen LogP contribution is -2.27. The van der Waals surface area contributed by atoms with E-state index in [1.54, 1.807) is 0 Å². The first-order valence-corrected chi connectivity index (χ1v) is 6.62. The molecule has 1 aromatic carbocycles. The molecular formula is C15H16N2O2. The van der Waals surface area contributed by atoms with Crippen LogP contribution in [0.4, 0.5) is 5.69 Å². The summed E-state index contributed by atoms with van der Waals surface area (Å²) < 4.78 is 0. The van der Waals surface area contributed by atoms with Crippen molar-refractivity contribution in [2.24, 2.45) is 5.92 Å². The van der Waals surface area contributed by atoms with Crippen LogP contribution in [0.5, 0.6) is 0 Å². The third-order valence-electron chi connectivity index (χ3n) is 3.73. The van der Waals surface area contributed by atoms with E-state index >= 15 is 0 Å². The Hall–Kier alpha value is -2.10. The highest BCUT2D eigenvalue weighted by atomic mass is 16.2. The molecule has 4 nitrogen and oxygen atoms in total. The molecule has 0 radical (unpaired) electrons. The van der Waals surface area contributed by atoms with Gasteiger partial charge in [0.15, 0.2) is 0 Å². The molecule has 0 bridgehead atoms. The van der Waals surface area contributed by atoms with Crippen LogP contribution in [-0.4, -0.2) is 16.7 Å². The Bertz CT molecular complexity index is 620. The van der Waals surface area contributed by atoms with Crippen molar-refractivity contribution in [1.29, 1.82) is 0 Å². The topological polar surface area (TPSA) is 62.0 Å². The van der Waals surface area contributed by atoms with E-state index < -0.39 is 0 Å². The normalized spacial score (nSPS) is 16.7. The molecule has 4 heteroatoms. The van der Waals surface area contributed by atoms with Gasteiger partial charge in [-0.15, -0.1) is 0 Å². The van der Waals surface area contributed by atoms with Crippen LogP contribution < -0.4 is 5.32 Å². The van der Waals surface area contributed by atoms with Crippen molar-refractivity contribution in [1.82, 2.24) is 4.98 Å². The number of carbonyl (C=O) groups is 2. The number of rotatable bonds is 2. The molecule has 1 amide bonds. The van der Waals surface area contributed by atoms with Crippen molar-refractivity contribution >= 4 is 28.3 Å². The maximum absolute atomic E-state index is 12.1. The molecule has 2 aromatic rings. The zero-order valence-electron chi connectivity index (χ0n) is 10.6. The first kappa shape index (κ1) is 12.0. The zero-order chi connectivity index (χ0) is 13.2. The Kier molecular flexibility index (Phi) is 3.07. The van der Waals surface area contributed by atoms with Gasteiger partial charge < -0.3 is 10.3 Å². The number of hydrogen-bond donors (Lipinski definition) is 2. The van der Waals surface area contributed by atoms with Crippen LogP contribution >= 0.6 is 0 Å². The van der Waals surface area contributed by atoms with E-state index in [4.69, 9.17) is 0 Å². The predicted molar refractivity (Wildman–Crippen MR) is 73.9 cm³/mol. The number of ketones is 1. The van der Waals surface area contributed by atoms with Crippen LogP contribution in [0, 0.1) is 5.92 Å². The van der Waals surface area contributed by atoms with Crippen molar-refractivity contribution in [2.45, 2.75) is 25.7 Å². The minimum Gasteiger partial charge on any atom is -0.361 e. The average Bonchev–Trinajstić information content (AvgIpc) is 2.87. The SMILES string of the molecule is O=C1CCC(C(=O)Nc2ccc3[nH]ccc3c2)CC1. The molecule has 0 unspecified atom stereocenters. The van der Waals surface area contributed by atoms with Gasteiger partial charge in [0, 0.05) is 41.5 Å². The van der Waals surface area contributed by atoms with E-state index in [9.17, 15) is 9.59 Å². The average molecular weight is 256 g/mol. The smallest absolute Gasteiger partial charge is 0.227 e. The number of carbonyl (C=O) groups excluding carboxylic acids is 2. The largest absolute Gasteiger partial charge is 0.361 e. The van der Waals surface area contributed by atoms with Crippen molar-refractivity contribution in [2.75, 3.05) is 5.32 Å². The second-order valence-corrected chi connectivity index (χ2v) is 5.08. The van der Waals surface area contributed by atoms with Crippen molar-refractivity contribution in [3.63, 3.8) is 0 Å². The van der Waals surface area contributed by atoms with Gasteiger partial charge in [0.05, 0.1) is 0 Å². The molecule has 1 aliphatic carbocycles.